The van der Waals surface area contributed by atoms with Gasteiger partial charge in [-0.3, -0.25) is 14.2 Å². The van der Waals surface area contributed by atoms with E-state index in [9.17, 15) is 14.4 Å². The van der Waals surface area contributed by atoms with Gasteiger partial charge in [0.1, 0.15) is 5.82 Å². The number of amides is 1. The predicted octanol–water partition coefficient (Wildman–Crippen LogP) is 1.95. The highest BCUT2D eigenvalue weighted by atomic mass is 16.4. The van der Waals surface area contributed by atoms with Crippen LogP contribution in [0.25, 0.3) is 22.6 Å². The quantitative estimate of drug-likeness (QED) is 0.463. The molecule has 0 atom stereocenters. The van der Waals surface area contributed by atoms with Gasteiger partial charge in [-0.15, -0.1) is 0 Å². The highest BCUT2D eigenvalue weighted by molar-refractivity contribution is 6.36. The number of carboxylic acid groups (broad SMARTS) is 1. The minimum Gasteiger partial charge on any atom is -0.474 e. The fourth-order valence-electron chi connectivity index (χ4n) is 3.21. The smallest absolute Gasteiger partial charge is 0.394 e. The van der Waals surface area contributed by atoms with Crippen molar-refractivity contribution in [1.82, 2.24) is 9.55 Å². The number of nitrogens with one attached hydrogen (secondary N) is 1. The number of aromatic nitrogens is 2. The van der Waals surface area contributed by atoms with Gasteiger partial charge >= 0.3 is 11.9 Å². The van der Waals surface area contributed by atoms with Crippen molar-refractivity contribution in [3.8, 4) is 0 Å². The number of nitrogens with two attached hydrogens (primary N) is 1. The number of fused-ring (bicyclic) bond motifs is 2. The summed E-state index contributed by atoms with van der Waals surface area (Å²) < 4.78 is 1.63. The number of nitrogen functional groups attached to an aromatic ring is 1. The van der Waals surface area contributed by atoms with Crippen molar-refractivity contribution in [2.75, 3.05) is 11.1 Å². The Hall–Kier alpha value is -3.94. The molecule has 4 rings (SSSR count). The number of hydrogen-bond acceptors (Lipinski definition) is 5. The van der Waals surface area contributed by atoms with E-state index in [1.165, 1.54) is 18.2 Å². The number of anilines is 2. The lowest BCUT2D eigenvalue weighted by Crippen LogP contribution is -2.23. The van der Waals surface area contributed by atoms with Crippen LogP contribution in [-0.2, 0) is 16.1 Å². The lowest BCUT2D eigenvalue weighted by Gasteiger charge is -2.08. The summed E-state index contributed by atoms with van der Waals surface area (Å²) in [6.45, 7) is 0.537. The number of allylic oxidation sites excluding steroid dienone is 1. The van der Waals surface area contributed by atoms with Crippen molar-refractivity contribution in [3.63, 3.8) is 0 Å². The van der Waals surface area contributed by atoms with Crippen LogP contribution < -0.4 is 16.6 Å². The zero-order valence-corrected chi connectivity index (χ0v) is 14.7. The molecule has 28 heavy (non-hydrogen) atoms. The van der Waals surface area contributed by atoms with Gasteiger partial charge in [0.05, 0.1) is 10.9 Å². The molecular weight excluding hydrogens is 360 g/mol. The molecule has 2 heterocycles. The first-order valence-corrected chi connectivity index (χ1v) is 8.58. The summed E-state index contributed by atoms with van der Waals surface area (Å²) >= 11 is 0. The van der Waals surface area contributed by atoms with Gasteiger partial charge < -0.3 is 16.2 Å². The zero-order valence-electron chi connectivity index (χ0n) is 14.7. The number of carbonyl (C=O) groups is 2. The molecule has 0 unspecified atom stereocenters. The number of nitrogens with zero attached hydrogens (tertiary/aromatic N) is 2. The Kier molecular flexibility index (Phi) is 4.15. The molecule has 0 spiro atoms. The van der Waals surface area contributed by atoms with Gasteiger partial charge in [-0.25, -0.2) is 9.78 Å². The van der Waals surface area contributed by atoms with Crippen molar-refractivity contribution in [1.29, 1.82) is 0 Å². The highest BCUT2D eigenvalue weighted by Gasteiger charge is 2.21. The van der Waals surface area contributed by atoms with Crippen LogP contribution in [0.1, 0.15) is 17.8 Å². The first-order valence-electron chi connectivity index (χ1n) is 8.58. The molecular formula is C20H16N4O4. The predicted molar refractivity (Wildman–Crippen MR) is 106 cm³/mol. The largest absolute Gasteiger partial charge is 0.474 e. The fraction of sp³-hybridized carbons (Fsp3) is 0.100. The molecule has 0 radical (unpaired) electrons. The summed E-state index contributed by atoms with van der Waals surface area (Å²) in [6.07, 6.45) is 2.64. The van der Waals surface area contributed by atoms with E-state index in [2.05, 4.69) is 10.3 Å². The van der Waals surface area contributed by atoms with Crippen LogP contribution in [0.15, 0.2) is 47.3 Å². The SMILES string of the molecule is Nc1ccc(/C=C2\CCn3c2nc2cc(NC(=O)C(=O)O)ccc2c3=O)cc1. The maximum absolute atomic E-state index is 12.8. The second-order valence-electron chi connectivity index (χ2n) is 6.47. The van der Waals surface area contributed by atoms with E-state index in [4.69, 9.17) is 10.8 Å². The molecule has 2 aromatic carbocycles. The second kappa shape index (κ2) is 6.66. The standard InChI is InChI=1S/C20H16N4O4/c21-13-3-1-11(2-4-13)9-12-7-8-24-17(12)23-16-10-14(22-18(25)20(27)28)5-6-15(16)19(24)26/h1-6,9-10H,7-8,21H2,(H,22,25)(H,27,28)/b12-9+. The van der Waals surface area contributed by atoms with Gasteiger partial charge in [0.15, 0.2) is 0 Å². The second-order valence-corrected chi connectivity index (χ2v) is 6.47. The van der Waals surface area contributed by atoms with E-state index in [-0.39, 0.29) is 11.2 Å². The first kappa shape index (κ1) is 17.5. The van der Waals surface area contributed by atoms with Crippen LogP contribution in [0.3, 0.4) is 0 Å². The number of hydrogen-bond donors (Lipinski definition) is 3. The Morgan fingerprint density at radius 2 is 1.93 bits per heavy atom. The van der Waals surface area contributed by atoms with Gasteiger partial charge in [0, 0.05) is 17.9 Å². The van der Waals surface area contributed by atoms with E-state index in [1.807, 2.05) is 18.2 Å². The maximum Gasteiger partial charge on any atom is 0.394 e. The summed E-state index contributed by atoms with van der Waals surface area (Å²) in [6, 6.07) is 11.9. The van der Waals surface area contributed by atoms with Gasteiger partial charge in [-0.05, 0) is 54.0 Å². The molecule has 1 aromatic heterocycles. The molecule has 1 aliphatic heterocycles. The molecule has 3 aromatic rings. The lowest BCUT2D eigenvalue weighted by molar-refractivity contribution is -0.147. The third-order valence-electron chi connectivity index (χ3n) is 4.58. The molecule has 0 bridgehead atoms. The summed E-state index contributed by atoms with van der Waals surface area (Å²) in [4.78, 5) is 39.5. The van der Waals surface area contributed by atoms with Crippen molar-refractivity contribution in [2.24, 2.45) is 0 Å². The molecule has 8 nitrogen and oxygen atoms in total. The molecule has 0 aliphatic carbocycles. The van der Waals surface area contributed by atoms with E-state index < -0.39 is 11.9 Å². The number of rotatable bonds is 2. The topological polar surface area (TPSA) is 127 Å². The summed E-state index contributed by atoms with van der Waals surface area (Å²) in [7, 11) is 0. The minimum absolute atomic E-state index is 0.170. The van der Waals surface area contributed by atoms with Crippen molar-refractivity contribution in [2.45, 2.75) is 13.0 Å². The van der Waals surface area contributed by atoms with Gasteiger partial charge in [-0.2, -0.15) is 0 Å². The average Bonchev–Trinajstić information content (AvgIpc) is 3.06. The van der Waals surface area contributed by atoms with Crippen LogP contribution in [0.5, 0.6) is 0 Å². The van der Waals surface area contributed by atoms with E-state index in [1.54, 1.807) is 16.7 Å². The van der Waals surface area contributed by atoms with E-state index in [0.29, 0.717) is 35.4 Å². The Labute approximate surface area is 158 Å². The van der Waals surface area contributed by atoms with Crippen LogP contribution >= 0.6 is 0 Å². The lowest BCUT2D eigenvalue weighted by atomic mass is 10.1. The monoisotopic (exact) mass is 376 g/mol. The third-order valence-corrected chi connectivity index (χ3v) is 4.58. The minimum atomic E-state index is -1.59. The molecule has 0 saturated heterocycles. The van der Waals surface area contributed by atoms with Crippen LogP contribution in [-0.4, -0.2) is 26.5 Å². The zero-order chi connectivity index (χ0) is 19.8. The summed E-state index contributed by atoms with van der Waals surface area (Å²) in [5.74, 6) is -2.17. The fourth-order valence-corrected chi connectivity index (χ4v) is 3.21. The Bertz CT molecular complexity index is 1210. The van der Waals surface area contributed by atoms with Crippen molar-refractivity contribution in [3.05, 3.63) is 64.2 Å². The molecule has 1 aliphatic rings. The van der Waals surface area contributed by atoms with E-state index in [0.717, 1.165) is 11.1 Å². The number of aliphatic carboxylic acids is 1. The molecule has 0 fully saturated rings. The highest BCUT2D eigenvalue weighted by Crippen LogP contribution is 2.28. The van der Waals surface area contributed by atoms with Crippen molar-refractivity contribution >= 4 is 45.8 Å². The maximum atomic E-state index is 12.8. The average molecular weight is 376 g/mol. The van der Waals surface area contributed by atoms with Crippen LogP contribution in [0.4, 0.5) is 11.4 Å². The van der Waals surface area contributed by atoms with E-state index >= 15 is 0 Å². The normalized spacial score (nSPS) is 14.2. The molecule has 8 heteroatoms. The number of carbonyl (C=O) groups excluding carboxylic acids is 1. The summed E-state index contributed by atoms with van der Waals surface area (Å²) in [5.41, 5.74) is 8.75. The van der Waals surface area contributed by atoms with Crippen LogP contribution in [0, 0.1) is 0 Å². The molecule has 1 amide bonds. The Morgan fingerprint density at radius 3 is 2.64 bits per heavy atom. The molecule has 140 valence electrons. The third kappa shape index (κ3) is 3.11. The van der Waals surface area contributed by atoms with Gasteiger partial charge in [-0.1, -0.05) is 12.1 Å². The Balaban J connectivity index is 1.78. The molecule has 4 N–H and O–H groups in total. The Morgan fingerprint density at radius 1 is 1.18 bits per heavy atom. The van der Waals surface area contributed by atoms with Crippen molar-refractivity contribution < 1.29 is 14.7 Å². The molecule has 0 saturated carbocycles. The number of benzene rings is 2. The first-order chi connectivity index (χ1) is 13.4. The number of carboxylic acids is 1. The van der Waals surface area contributed by atoms with Gasteiger partial charge in [0.25, 0.3) is 5.56 Å². The van der Waals surface area contributed by atoms with Crippen LogP contribution in [0.2, 0.25) is 0 Å². The van der Waals surface area contributed by atoms with Gasteiger partial charge in [0.2, 0.25) is 0 Å². The summed E-state index contributed by atoms with van der Waals surface area (Å²) in [5, 5.41) is 11.4.